The van der Waals surface area contributed by atoms with Crippen molar-refractivity contribution in [2.24, 2.45) is 5.92 Å². The van der Waals surface area contributed by atoms with Crippen LogP contribution in [0.1, 0.15) is 37.8 Å². The van der Waals surface area contributed by atoms with Crippen molar-refractivity contribution in [1.29, 1.82) is 0 Å². The molecule has 0 saturated carbocycles. The summed E-state index contributed by atoms with van der Waals surface area (Å²) in [6.07, 6.45) is 3.09. The van der Waals surface area contributed by atoms with Gasteiger partial charge in [0.25, 0.3) is 0 Å². The molecule has 2 rings (SSSR count). The average Bonchev–Trinajstić information content (AvgIpc) is 2.96. The first kappa shape index (κ1) is 15.3. The summed E-state index contributed by atoms with van der Waals surface area (Å²) in [5, 5.41) is 3.51. The van der Waals surface area contributed by atoms with E-state index in [1.54, 1.807) is 19.2 Å². The molecule has 4 heteroatoms. The molecule has 1 saturated heterocycles. The highest BCUT2D eigenvalue weighted by Crippen LogP contribution is 2.32. The van der Waals surface area contributed by atoms with Gasteiger partial charge in [-0.05, 0) is 49.9 Å². The molecule has 20 heavy (non-hydrogen) atoms. The van der Waals surface area contributed by atoms with Crippen LogP contribution in [0.5, 0.6) is 5.75 Å². The van der Waals surface area contributed by atoms with E-state index in [4.69, 9.17) is 9.47 Å². The molecule has 0 radical (unpaired) electrons. The predicted octanol–water partition coefficient (Wildman–Crippen LogP) is 3.30. The standard InChI is InChI=1S/C16H24FNO2/c1-3-7-18-15(9-12-6-8-20-11-12)14-10-13(17)4-5-16(14)19-2/h4-5,10,12,15,18H,3,6-9,11H2,1-2H3. The number of benzene rings is 1. The summed E-state index contributed by atoms with van der Waals surface area (Å²) >= 11 is 0. The summed E-state index contributed by atoms with van der Waals surface area (Å²) in [6, 6.07) is 4.85. The Hall–Kier alpha value is -1.13. The molecule has 112 valence electrons. The molecule has 1 aromatic rings. The first-order chi connectivity index (χ1) is 9.74. The summed E-state index contributed by atoms with van der Waals surface area (Å²) < 4.78 is 24.4. The zero-order valence-electron chi connectivity index (χ0n) is 12.3. The van der Waals surface area contributed by atoms with E-state index in [1.807, 2.05) is 0 Å². The first-order valence-corrected chi connectivity index (χ1v) is 7.39. The maximum absolute atomic E-state index is 13.6. The van der Waals surface area contributed by atoms with Crippen molar-refractivity contribution < 1.29 is 13.9 Å². The Morgan fingerprint density at radius 3 is 3.00 bits per heavy atom. The lowest BCUT2D eigenvalue weighted by atomic mass is 9.93. The third kappa shape index (κ3) is 3.93. The molecular formula is C16H24FNO2. The van der Waals surface area contributed by atoms with Crippen molar-refractivity contribution in [3.8, 4) is 5.75 Å². The zero-order chi connectivity index (χ0) is 14.4. The minimum atomic E-state index is -0.216. The van der Waals surface area contributed by atoms with E-state index in [-0.39, 0.29) is 11.9 Å². The van der Waals surface area contributed by atoms with E-state index in [0.29, 0.717) is 5.92 Å². The monoisotopic (exact) mass is 281 g/mol. The van der Waals surface area contributed by atoms with Crippen LogP contribution in [0, 0.1) is 11.7 Å². The molecule has 0 bridgehead atoms. The highest BCUT2D eigenvalue weighted by Gasteiger charge is 2.24. The molecule has 3 nitrogen and oxygen atoms in total. The lowest BCUT2D eigenvalue weighted by Gasteiger charge is -2.23. The minimum absolute atomic E-state index is 0.118. The van der Waals surface area contributed by atoms with Gasteiger partial charge in [0.05, 0.1) is 7.11 Å². The number of halogens is 1. The van der Waals surface area contributed by atoms with Crippen LogP contribution in [0.3, 0.4) is 0 Å². The summed E-state index contributed by atoms with van der Waals surface area (Å²) in [4.78, 5) is 0. The van der Waals surface area contributed by atoms with Crippen LogP contribution in [0.2, 0.25) is 0 Å². The van der Waals surface area contributed by atoms with E-state index in [9.17, 15) is 4.39 Å². The maximum atomic E-state index is 13.6. The van der Waals surface area contributed by atoms with Gasteiger partial charge in [-0.15, -0.1) is 0 Å². The van der Waals surface area contributed by atoms with E-state index >= 15 is 0 Å². The topological polar surface area (TPSA) is 30.5 Å². The van der Waals surface area contributed by atoms with Crippen molar-refractivity contribution in [3.63, 3.8) is 0 Å². The number of hydrogen-bond acceptors (Lipinski definition) is 3. The minimum Gasteiger partial charge on any atom is -0.496 e. The van der Waals surface area contributed by atoms with E-state index in [1.165, 1.54) is 6.07 Å². The molecule has 2 atom stereocenters. The second-order valence-electron chi connectivity index (χ2n) is 5.36. The van der Waals surface area contributed by atoms with Crippen molar-refractivity contribution >= 4 is 0 Å². The summed E-state index contributed by atoms with van der Waals surface area (Å²) in [6.45, 7) is 4.69. The van der Waals surface area contributed by atoms with Gasteiger partial charge in [0, 0.05) is 24.8 Å². The van der Waals surface area contributed by atoms with Crippen LogP contribution in [-0.2, 0) is 4.74 Å². The van der Waals surface area contributed by atoms with Gasteiger partial charge in [-0.1, -0.05) is 6.92 Å². The largest absolute Gasteiger partial charge is 0.496 e. The van der Waals surface area contributed by atoms with Crippen LogP contribution < -0.4 is 10.1 Å². The van der Waals surface area contributed by atoms with Crippen LogP contribution in [0.15, 0.2) is 18.2 Å². The summed E-state index contributed by atoms with van der Waals surface area (Å²) in [5.41, 5.74) is 0.910. The van der Waals surface area contributed by atoms with E-state index in [0.717, 1.165) is 50.3 Å². The quantitative estimate of drug-likeness (QED) is 0.832. The Kier molecular flexibility index (Phi) is 5.80. The normalized spacial score (nSPS) is 20.1. The molecule has 1 aliphatic heterocycles. The van der Waals surface area contributed by atoms with Gasteiger partial charge in [0.2, 0.25) is 0 Å². The number of hydrogen-bond donors (Lipinski definition) is 1. The Morgan fingerprint density at radius 1 is 1.50 bits per heavy atom. The molecular weight excluding hydrogens is 257 g/mol. The zero-order valence-corrected chi connectivity index (χ0v) is 12.3. The lowest BCUT2D eigenvalue weighted by molar-refractivity contribution is 0.181. The van der Waals surface area contributed by atoms with Gasteiger partial charge >= 0.3 is 0 Å². The Bertz CT molecular complexity index is 419. The highest BCUT2D eigenvalue weighted by molar-refractivity contribution is 5.36. The van der Waals surface area contributed by atoms with Crippen LogP contribution >= 0.6 is 0 Å². The van der Waals surface area contributed by atoms with Gasteiger partial charge in [-0.25, -0.2) is 4.39 Å². The number of rotatable bonds is 7. The SMILES string of the molecule is CCCNC(CC1CCOC1)c1cc(F)ccc1OC. The molecule has 1 heterocycles. The molecule has 1 aromatic carbocycles. The second kappa shape index (κ2) is 7.60. The fourth-order valence-electron chi connectivity index (χ4n) is 2.72. The fourth-order valence-corrected chi connectivity index (χ4v) is 2.72. The molecule has 0 aromatic heterocycles. The second-order valence-corrected chi connectivity index (χ2v) is 5.36. The predicted molar refractivity (Wildman–Crippen MR) is 77.5 cm³/mol. The van der Waals surface area contributed by atoms with Gasteiger partial charge in [-0.2, -0.15) is 0 Å². The maximum Gasteiger partial charge on any atom is 0.123 e. The molecule has 0 aliphatic carbocycles. The molecule has 1 aliphatic rings. The van der Waals surface area contributed by atoms with Crippen molar-refractivity contribution in [2.75, 3.05) is 26.9 Å². The number of ether oxygens (including phenoxy) is 2. The van der Waals surface area contributed by atoms with Crippen molar-refractivity contribution in [3.05, 3.63) is 29.6 Å². The van der Waals surface area contributed by atoms with Crippen molar-refractivity contribution in [1.82, 2.24) is 5.32 Å². The van der Waals surface area contributed by atoms with Gasteiger partial charge in [0.15, 0.2) is 0 Å². The lowest BCUT2D eigenvalue weighted by Crippen LogP contribution is -2.25. The van der Waals surface area contributed by atoms with E-state index in [2.05, 4.69) is 12.2 Å². The third-order valence-electron chi connectivity index (χ3n) is 3.80. The first-order valence-electron chi connectivity index (χ1n) is 7.39. The van der Waals surface area contributed by atoms with Crippen LogP contribution in [0.25, 0.3) is 0 Å². The Balaban J connectivity index is 2.17. The summed E-state index contributed by atoms with van der Waals surface area (Å²) in [5.74, 6) is 1.07. The third-order valence-corrected chi connectivity index (χ3v) is 3.80. The highest BCUT2D eigenvalue weighted by atomic mass is 19.1. The van der Waals surface area contributed by atoms with Crippen LogP contribution in [0.4, 0.5) is 4.39 Å². The van der Waals surface area contributed by atoms with Gasteiger partial charge in [-0.3, -0.25) is 0 Å². The Morgan fingerprint density at radius 2 is 2.35 bits per heavy atom. The van der Waals surface area contributed by atoms with Gasteiger partial charge in [0.1, 0.15) is 11.6 Å². The molecule has 1 fully saturated rings. The fraction of sp³-hybridized carbons (Fsp3) is 0.625. The Labute approximate surface area is 120 Å². The number of methoxy groups -OCH3 is 1. The van der Waals surface area contributed by atoms with E-state index < -0.39 is 0 Å². The number of nitrogens with one attached hydrogen (secondary N) is 1. The molecule has 0 amide bonds. The van der Waals surface area contributed by atoms with Gasteiger partial charge < -0.3 is 14.8 Å². The average molecular weight is 281 g/mol. The molecule has 0 spiro atoms. The smallest absolute Gasteiger partial charge is 0.123 e. The summed E-state index contributed by atoms with van der Waals surface area (Å²) in [7, 11) is 1.63. The van der Waals surface area contributed by atoms with Crippen LogP contribution in [-0.4, -0.2) is 26.9 Å². The molecule has 1 N–H and O–H groups in total. The van der Waals surface area contributed by atoms with Crippen molar-refractivity contribution in [2.45, 2.75) is 32.2 Å². The molecule has 2 unspecified atom stereocenters.